The Morgan fingerprint density at radius 1 is 0.515 bits per heavy atom. The summed E-state index contributed by atoms with van der Waals surface area (Å²) in [5.74, 6) is -2.94. The van der Waals surface area contributed by atoms with Crippen molar-refractivity contribution in [3.8, 4) is 0 Å². The van der Waals surface area contributed by atoms with Crippen LogP contribution in [-0.4, -0.2) is 138 Å². The molecule has 5 saturated heterocycles. The number of imidazole rings is 4. The zero-order chi connectivity index (χ0) is 73.8. The van der Waals surface area contributed by atoms with E-state index in [1.807, 2.05) is 54.6 Å². The topological polar surface area (TPSA) is 414 Å². The number of benzene rings is 4. The van der Waals surface area contributed by atoms with Crippen molar-refractivity contribution in [1.29, 1.82) is 0 Å². The number of amides is 8. The van der Waals surface area contributed by atoms with Gasteiger partial charge >= 0.3 is 22.8 Å². The molecule has 4 atom stereocenters. The quantitative estimate of drug-likeness (QED) is 0.0454. The van der Waals surface area contributed by atoms with E-state index in [0.29, 0.717) is 84.9 Å². The first-order valence-corrected chi connectivity index (χ1v) is 33.4. The first kappa shape index (κ1) is 78.3. The van der Waals surface area contributed by atoms with Gasteiger partial charge in [0.1, 0.15) is 30.5 Å². The number of aromatic nitrogens is 8. The molecule has 8 amide bonds. The van der Waals surface area contributed by atoms with Crippen LogP contribution in [0, 0.1) is 0 Å². The number of fused-ring (bicyclic) bond motifs is 4. The van der Waals surface area contributed by atoms with Crippen molar-refractivity contribution < 1.29 is 64.6 Å². The molecule has 30 nitrogen and oxygen atoms in total. The summed E-state index contributed by atoms with van der Waals surface area (Å²) in [6.45, 7) is 7.66. The molecule has 10 N–H and O–H groups in total. The number of nitrogens with one attached hydrogen (secondary N) is 4. The minimum Gasteiger partial charge on any atom is -0.396 e. The van der Waals surface area contributed by atoms with Crippen molar-refractivity contribution in [3.63, 3.8) is 0 Å². The smallest absolute Gasteiger partial charge is 0.329 e. The summed E-state index contributed by atoms with van der Waals surface area (Å²) in [5, 5.41) is 34.7. The van der Waals surface area contributed by atoms with Crippen LogP contribution in [0.5, 0.6) is 0 Å². The molecule has 0 bridgehead atoms. The van der Waals surface area contributed by atoms with E-state index in [1.54, 1.807) is 65.5 Å². The lowest BCUT2D eigenvalue weighted by Crippen LogP contribution is -2.44. The maximum atomic E-state index is 12.6. The van der Waals surface area contributed by atoms with Crippen molar-refractivity contribution in [2.45, 2.75) is 128 Å². The second-order valence-corrected chi connectivity index (χ2v) is 24.6. The summed E-state index contributed by atoms with van der Waals surface area (Å²) in [5.41, 5.74) is 7.30. The van der Waals surface area contributed by atoms with E-state index in [1.165, 1.54) is 55.5 Å². The van der Waals surface area contributed by atoms with Gasteiger partial charge in [0, 0.05) is 86.0 Å². The Hall–Kier alpha value is -10.1. The molecular weight excluding hydrogens is 1370 g/mol. The van der Waals surface area contributed by atoms with Crippen LogP contribution in [0.1, 0.15) is 133 Å². The fourth-order valence-electron chi connectivity index (χ4n) is 12.1. The van der Waals surface area contributed by atoms with E-state index in [-0.39, 0.29) is 98.0 Å². The van der Waals surface area contributed by atoms with Gasteiger partial charge in [0.05, 0.1) is 57.3 Å². The Kier molecular flexibility index (Phi) is 29.0. The number of carbonyl (C=O) groups excluding carboxylic acids is 9. The van der Waals surface area contributed by atoms with Crippen LogP contribution in [0.2, 0.25) is 0 Å². The van der Waals surface area contributed by atoms with Gasteiger partial charge in [-0.05, 0) is 129 Å². The number of rotatable bonds is 13. The summed E-state index contributed by atoms with van der Waals surface area (Å²) in [4.78, 5) is 154. The molecule has 0 radical (unpaired) electrons. The minimum absolute atomic E-state index is 0. The molecule has 4 unspecified atom stereocenters. The van der Waals surface area contributed by atoms with Gasteiger partial charge < -0.3 is 31.0 Å². The van der Waals surface area contributed by atoms with E-state index in [0.717, 1.165) is 58.1 Å². The first-order chi connectivity index (χ1) is 48.4. The zero-order valence-corrected chi connectivity index (χ0v) is 58.7. The van der Waals surface area contributed by atoms with Gasteiger partial charge in [-0.1, -0.05) is 66.2 Å². The number of piperidine rings is 4. The zero-order valence-electron chi connectivity index (χ0n) is 58.1. The van der Waals surface area contributed by atoms with Crippen molar-refractivity contribution in [2.75, 3.05) is 33.0 Å². The second-order valence-electron chi connectivity index (χ2n) is 23.6. The minimum atomic E-state index is -0.678. The largest absolute Gasteiger partial charge is 0.396 e. The summed E-state index contributed by atoms with van der Waals surface area (Å²) >= 11 is 3.37. The maximum Gasteiger partial charge on any atom is 0.329 e. The fourth-order valence-corrected chi connectivity index (χ4v) is 12.4. The molecule has 5 aliphatic heterocycles. The van der Waals surface area contributed by atoms with Crippen LogP contribution < -0.4 is 50.2 Å². The van der Waals surface area contributed by atoms with Gasteiger partial charge in [-0.15, -0.1) is 6.58 Å². The third kappa shape index (κ3) is 18.9. The average Bonchev–Trinajstić information content (AvgIpc) is 1.63. The fraction of sp³-hybridized carbons (Fsp3) is 0.414. The van der Waals surface area contributed by atoms with Crippen LogP contribution in [0.15, 0.2) is 115 Å². The SMILES string of the molecule is C1CCOC1.C=CCO.Cn1c(=O)n(C2CCC(=O)NC2=O)c2ccc(/C=C/CO)cc21.Cn1c(=O)n(C2CCC(=O)NC2=O)c2ccc(Br)cc21.Cn1c(=O)n(C2CCC(=O)NC2=O)c2ccc(CCC=O)cc21.Cn1c(=O)n(C2CCC(=O)NC2=O)c2ccc(CCCO)cc21.N.[2H]CC. The van der Waals surface area contributed by atoms with Crippen LogP contribution in [0.3, 0.4) is 0 Å². The van der Waals surface area contributed by atoms with E-state index < -0.39 is 47.8 Å². The van der Waals surface area contributed by atoms with E-state index in [2.05, 4.69) is 43.8 Å². The number of carbonyl (C=O) groups is 9. The number of hydrogen-bond acceptors (Lipinski definition) is 18. The van der Waals surface area contributed by atoms with Gasteiger partial charge in [0.15, 0.2) is 0 Å². The van der Waals surface area contributed by atoms with Crippen LogP contribution in [0.25, 0.3) is 50.2 Å². The molecule has 101 heavy (non-hydrogen) atoms. The normalized spacial score (nSPS) is 18.1. The Labute approximate surface area is 589 Å². The number of aliphatic hydroxyl groups excluding tert-OH is 3. The highest BCUT2D eigenvalue weighted by Gasteiger charge is 2.35. The highest BCUT2D eigenvalue weighted by molar-refractivity contribution is 9.10. The molecule has 0 saturated carbocycles. The summed E-state index contributed by atoms with van der Waals surface area (Å²) in [6.07, 6.45) is 12.8. The molecule has 31 heteroatoms. The molecule has 5 fully saturated rings. The monoisotopic (exact) mass is 1460 g/mol. The predicted molar refractivity (Wildman–Crippen MR) is 382 cm³/mol. The standard InChI is InChI=1S/C16H19N3O4.2C16H17N3O4.C13H12BrN3O3.C4H8O.C3H6O.C2H6.H3N/c3*1-18-13-9-10(3-2-8-20)4-5-11(13)19(16(18)23)12-6-7-14(21)17-15(12)22;1-16-10-6-7(14)2-3-8(10)17(13(16)20)9-4-5-11(18)15-12(9)19;1-2-4-5-3-1;1-2-3-4;1-2;/h4-5,9,12,20H,2-3,6-8H2,1H3,(H,17,21,22);4-5,8-9,12H,2-3,6-7H2,1H3,(H,17,21,22);2-5,9,12,20H,6-8H2,1H3,(H,17,21,22);2-3,6,9H,4-5H2,1H3,(H,15,18,19);1-4H2;2,4H,1,3H2;1-2H3;1H3/b;;3-2+;;;;;/i;;;;;;1D;. The Bertz CT molecular complexity index is 4690. The predicted octanol–water partition coefficient (Wildman–Crippen LogP) is 4.24. The molecule has 5 aliphatic rings. The highest BCUT2D eigenvalue weighted by Crippen LogP contribution is 2.29. The van der Waals surface area contributed by atoms with Gasteiger partial charge in [0.2, 0.25) is 47.3 Å². The van der Waals surface area contributed by atoms with Crippen molar-refractivity contribution in [2.24, 2.45) is 28.2 Å². The maximum absolute atomic E-state index is 12.6. The van der Waals surface area contributed by atoms with Gasteiger partial charge in [-0.3, -0.25) is 96.2 Å². The highest BCUT2D eigenvalue weighted by atomic mass is 79.9. The number of imide groups is 4. The van der Waals surface area contributed by atoms with Gasteiger partial charge in [-0.2, -0.15) is 0 Å². The Balaban J connectivity index is 0.000000202. The van der Waals surface area contributed by atoms with Crippen LogP contribution in [-0.2, 0) is 88.9 Å². The summed E-state index contributed by atoms with van der Waals surface area (Å²) in [7, 11) is 6.63. The van der Waals surface area contributed by atoms with Gasteiger partial charge in [0.25, 0.3) is 0 Å². The summed E-state index contributed by atoms with van der Waals surface area (Å²) in [6, 6.07) is 19.4. The van der Waals surface area contributed by atoms with Crippen molar-refractivity contribution in [3.05, 3.63) is 155 Å². The van der Waals surface area contributed by atoms with E-state index in [4.69, 9.17) is 21.4 Å². The number of hydrogen-bond donors (Lipinski definition) is 8. The number of halogens is 1. The number of aldehydes is 1. The van der Waals surface area contributed by atoms with Crippen LogP contribution >= 0.6 is 15.9 Å². The lowest BCUT2D eigenvalue weighted by atomic mass is 10.1. The van der Waals surface area contributed by atoms with Crippen molar-refractivity contribution >= 4 is 120 Å². The molecule has 542 valence electrons. The lowest BCUT2D eigenvalue weighted by molar-refractivity contribution is -0.137. The third-order valence-corrected chi connectivity index (χ3v) is 17.6. The molecular formula is C70H88BrN13O17. The molecule has 9 heterocycles. The third-order valence-electron chi connectivity index (χ3n) is 17.1. The number of ether oxygens (including phenoxy) is 1. The number of aryl methyl sites for hydroxylation is 6. The average molecular weight is 1460 g/mol. The van der Waals surface area contributed by atoms with Crippen LogP contribution in [0.4, 0.5) is 0 Å². The van der Waals surface area contributed by atoms with Gasteiger partial charge in [-0.25, -0.2) is 19.2 Å². The Morgan fingerprint density at radius 2 is 0.851 bits per heavy atom. The second kappa shape index (κ2) is 37.4. The molecule has 0 aliphatic carbocycles. The number of aliphatic hydroxyl groups is 3. The molecule has 4 aromatic carbocycles. The molecule has 13 rings (SSSR count). The van der Waals surface area contributed by atoms with E-state index in [9.17, 15) is 62.3 Å². The molecule has 0 spiro atoms. The summed E-state index contributed by atoms with van der Waals surface area (Å²) < 4.78 is 23.8. The van der Waals surface area contributed by atoms with Crippen molar-refractivity contribution in [1.82, 2.24) is 64.0 Å². The molecule has 4 aromatic heterocycles. The Morgan fingerprint density at radius 3 is 1.17 bits per heavy atom. The van der Waals surface area contributed by atoms with E-state index >= 15 is 0 Å². The molecule has 8 aromatic rings. The first-order valence-electron chi connectivity index (χ1n) is 33.3. The lowest BCUT2D eigenvalue weighted by Gasteiger charge is -2.21. The number of nitrogens with zero attached hydrogens (tertiary/aromatic N) is 8.